The van der Waals surface area contributed by atoms with Crippen LogP contribution < -0.4 is 10.6 Å². The smallest absolute Gasteiger partial charge is 0.325 e. The van der Waals surface area contributed by atoms with Gasteiger partial charge in [0.05, 0.1) is 0 Å². The Morgan fingerprint density at radius 1 is 1.00 bits per heavy atom. The Morgan fingerprint density at radius 2 is 1.79 bits per heavy atom. The molecule has 0 saturated heterocycles. The normalized spacial score (nSPS) is 10.5. The van der Waals surface area contributed by atoms with Crippen molar-refractivity contribution in [2.24, 2.45) is 0 Å². The molecule has 2 amide bonds. The Bertz CT molecular complexity index is 1010. The van der Waals surface area contributed by atoms with Gasteiger partial charge in [-0.05, 0) is 17.5 Å². The number of ketones is 1. The number of H-pyrrole nitrogens is 1. The lowest BCUT2D eigenvalue weighted by atomic mass is 10.1. The van der Waals surface area contributed by atoms with Crippen LogP contribution in [0.5, 0.6) is 0 Å². The number of fused-ring (bicyclic) bond motifs is 1. The first kappa shape index (κ1) is 20.1. The number of aromatic amines is 1. The molecule has 29 heavy (non-hydrogen) atoms. The predicted octanol–water partition coefficient (Wildman–Crippen LogP) is 2.96. The van der Waals surface area contributed by atoms with Crippen LogP contribution in [0.2, 0.25) is 0 Å². The summed E-state index contributed by atoms with van der Waals surface area (Å²) in [7, 11) is 0. The van der Waals surface area contributed by atoms with Gasteiger partial charge in [0.2, 0.25) is 5.78 Å². The maximum Gasteiger partial charge on any atom is 0.325 e. The van der Waals surface area contributed by atoms with Crippen molar-refractivity contribution in [3.63, 3.8) is 0 Å². The number of aromatic nitrogens is 1. The molecule has 1 aromatic heterocycles. The summed E-state index contributed by atoms with van der Waals surface area (Å²) >= 11 is 0. The van der Waals surface area contributed by atoms with Gasteiger partial charge in [0, 0.05) is 29.2 Å². The highest BCUT2D eigenvalue weighted by molar-refractivity contribution is 6.09. The van der Waals surface area contributed by atoms with E-state index in [1.807, 2.05) is 55.5 Å². The molecular weight excluding hydrogens is 370 g/mol. The van der Waals surface area contributed by atoms with E-state index in [1.165, 1.54) is 0 Å². The van der Waals surface area contributed by atoms with Crippen molar-refractivity contribution >= 4 is 28.7 Å². The largest absolute Gasteiger partial charge is 0.456 e. The van der Waals surface area contributed by atoms with Gasteiger partial charge in [-0.15, -0.1) is 0 Å². The van der Waals surface area contributed by atoms with Gasteiger partial charge in [0.1, 0.15) is 6.54 Å². The number of carbonyl (C=O) groups is 3. The zero-order valence-electron chi connectivity index (χ0n) is 16.2. The molecule has 0 fully saturated rings. The van der Waals surface area contributed by atoms with Crippen molar-refractivity contribution in [3.05, 3.63) is 71.4 Å². The fourth-order valence-corrected chi connectivity index (χ4v) is 3.01. The SMILES string of the molecule is CCc1cccc2c(C(=O)COC(=O)CNC(=O)NCc3ccccc3)c[nH]c12. The Hall–Kier alpha value is -3.61. The lowest BCUT2D eigenvalue weighted by Crippen LogP contribution is -2.38. The zero-order chi connectivity index (χ0) is 20.6. The van der Waals surface area contributed by atoms with Crippen LogP contribution in [-0.2, 0) is 22.5 Å². The molecule has 0 aliphatic rings. The second-order valence-corrected chi connectivity index (χ2v) is 6.50. The van der Waals surface area contributed by atoms with E-state index >= 15 is 0 Å². The number of ether oxygens (including phenoxy) is 1. The number of para-hydroxylation sites is 1. The molecule has 3 N–H and O–H groups in total. The number of hydrogen-bond acceptors (Lipinski definition) is 4. The molecule has 0 saturated carbocycles. The van der Waals surface area contributed by atoms with Crippen LogP contribution in [0, 0.1) is 0 Å². The summed E-state index contributed by atoms with van der Waals surface area (Å²) in [6, 6.07) is 14.7. The summed E-state index contributed by atoms with van der Waals surface area (Å²) in [5.74, 6) is -0.978. The van der Waals surface area contributed by atoms with E-state index in [0.717, 1.165) is 28.5 Å². The number of nitrogens with one attached hydrogen (secondary N) is 3. The number of rotatable bonds is 8. The van der Waals surface area contributed by atoms with E-state index in [9.17, 15) is 14.4 Å². The Morgan fingerprint density at radius 3 is 2.55 bits per heavy atom. The average molecular weight is 393 g/mol. The lowest BCUT2D eigenvalue weighted by Gasteiger charge is -2.08. The minimum absolute atomic E-state index is 0.300. The molecule has 7 nitrogen and oxygen atoms in total. The molecule has 150 valence electrons. The van der Waals surface area contributed by atoms with E-state index in [1.54, 1.807) is 6.20 Å². The molecule has 7 heteroatoms. The second-order valence-electron chi connectivity index (χ2n) is 6.50. The van der Waals surface area contributed by atoms with Crippen LogP contribution in [-0.4, -0.2) is 35.9 Å². The third kappa shape index (κ3) is 5.22. The van der Waals surface area contributed by atoms with Crippen LogP contribution in [0.1, 0.15) is 28.4 Å². The average Bonchev–Trinajstić information content (AvgIpc) is 3.19. The Labute approximate surface area is 168 Å². The van der Waals surface area contributed by atoms with Crippen molar-refractivity contribution in [1.82, 2.24) is 15.6 Å². The van der Waals surface area contributed by atoms with Crippen molar-refractivity contribution in [2.75, 3.05) is 13.2 Å². The Balaban J connectivity index is 1.44. The van der Waals surface area contributed by atoms with E-state index in [2.05, 4.69) is 15.6 Å². The molecule has 0 aliphatic heterocycles. The number of Topliss-reactive ketones (excluding diaryl/α,β-unsaturated/α-hetero) is 1. The highest BCUT2D eigenvalue weighted by Gasteiger charge is 2.16. The number of urea groups is 1. The van der Waals surface area contributed by atoms with E-state index in [4.69, 9.17) is 4.74 Å². The summed E-state index contributed by atoms with van der Waals surface area (Å²) < 4.78 is 5.00. The summed E-state index contributed by atoms with van der Waals surface area (Å²) in [4.78, 5) is 39.1. The molecule has 0 radical (unpaired) electrons. The monoisotopic (exact) mass is 393 g/mol. The highest BCUT2D eigenvalue weighted by Crippen LogP contribution is 2.22. The first-order valence-electron chi connectivity index (χ1n) is 9.42. The van der Waals surface area contributed by atoms with Gasteiger partial charge in [0.25, 0.3) is 0 Å². The number of carbonyl (C=O) groups excluding carboxylic acids is 3. The zero-order valence-corrected chi connectivity index (χ0v) is 16.2. The molecule has 0 spiro atoms. The summed E-state index contributed by atoms with van der Waals surface area (Å²) in [5, 5.41) is 5.87. The van der Waals surface area contributed by atoms with Gasteiger partial charge < -0.3 is 20.4 Å². The summed E-state index contributed by atoms with van der Waals surface area (Å²) in [5.41, 5.74) is 3.46. The highest BCUT2D eigenvalue weighted by atomic mass is 16.5. The number of hydrogen-bond donors (Lipinski definition) is 3. The molecular formula is C22H23N3O4. The van der Waals surface area contributed by atoms with E-state index < -0.39 is 12.0 Å². The van der Waals surface area contributed by atoms with Gasteiger partial charge in [-0.25, -0.2) is 4.79 Å². The first-order chi connectivity index (χ1) is 14.1. The lowest BCUT2D eigenvalue weighted by molar-refractivity contribution is -0.141. The fourth-order valence-electron chi connectivity index (χ4n) is 3.01. The molecule has 3 rings (SSSR count). The molecule has 3 aromatic rings. The minimum atomic E-state index is -0.678. The summed E-state index contributed by atoms with van der Waals surface area (Å²) in [6.45, 7) is 1.69. The van der Waals surface area contributed by atoms with Crippen molar-refractivity contribution in [3.8, 4) is 0 Å². The predicted molar refractivity (Wildman–Crippen MR) is 110 cm³/mol. The van der Waals surface area contributed by atoms with Gasteiger partial charge in [0.15, 0.2) is 6.61 Å². The maximum atomic E-state index is 12.4. The van der Waals surface area contributed by atoms with Crippen LogP contribution in [0.25, 0.3) is 10.9 Å². The molecule has 2 aromatic carbocycles. The maximum absolute atomic E-state index is 12.4. The first-order valence-corrected chi connectivity index (χ1v) is 9.42. The number of amides is 2. The summed E-state index contributed by atoms with van der Waals surface area (Å²) in [6.07, 6.45) is 2.48. The van der Waals surface area contributed by atoms with Crippen LogP contribution in [0.4, 0.5) is 4.79 Å². The van der Waals surface area contributed by atoms with Crippen molar-refractivity contribution in [2.45, 2.75) is 19.9 Å². The fraction of sp³-hybridized carbons (Fsp3) is 0.227. The van der Waals surface area contributed by atoms with E-state index in [-0.39, 0.29) is 18.9 Å². The topological polar surface area (TPSA) is 100 Å². The number of esters is 1. The van der Waals surface area contributed by atoms with Crippen molar-refractivity contribution < 1.29 is 19.1 Å². The van der Waals surface area contributed by atoms with Crippen molar-refractivity contribution in [1.29, 1.82) is 0 Å². The molecule has 0 atom stereocenters. The van der Waals surface area contributed by atoms with Gasteiger partial charge in [-0.1, -0.05) is 55.5 Å². The third-order valence-electron chi connectivity index (χ3n) is 4.54. The van der Waals surface area contributed by atoms with Gasteiger partial charge in [-0.2, -0.15) is 0 Å². The second kappa shape index (κ2) is 9.54. The number of aryl methyl sites for hydroxylation is 1. The quantitative estimate of drug-likeness (QED) is 0.405. The molecule has 0 aliphatic carbocycles. The van der Waals surface area contributed by atoms with Crippen LogP contribution in [0.3, 0.4) is 0 Å². The molecule has 1 heterocycles. The third-order valence-corrected chi connectivity index (χ3v) is 4.54. The van der Waals surface area contributed by atoms with Gasteiger partial charge in [-0.3, -0.25) is 9.59 Å². The standard InChI is InChI=1S/C22H23N3O4/c1-2-16-9-6-10-17-18(12-23-21(16)17)19(26)14-29-20(27)13-25-22(28)24-11-15-7-4-3-5-8-15/h3-10,12,23H,2,11,13-14H2,1H3,(H2,24,25,28). The Kier molecular flexibility index (Phi) is 6.63. The molecule has 0 unspecified atom stereocenters. The number of benzene rings is 2. The van der Waals surface area contributed by atoms with Crippen LogP contribution in [0.15, 0.2) is 54.7 Å². The minimum Gasteiger partial charge on any atom is -0.456 e. The van der Waals surface area contributed by atoms with Gasteiger partial charge >= 0.3 is 12.0 Å². The van der Waals surface area contributed by atoms with Crippen LogP contribution >= 0.6 is 0 Å². The molecule has 0 bridgehead atoms. The van der Waals surface area contributed by atoms with E-state index in [0.29, 0.717) is 12.1 Å².